The van der Waals surface area contributed by atoms with Crippen molar-refractivity contribution in [1.29, 1.82) is 0 Å². The Balaban J connectivity index is 2.15. The molecule has 2 rings (SSSR count). The molecule has 106 valence electrons. The molecule has 0 saturated carbocycles. The van der Waals surface area contributed by atoms with Gasteiger partial charge in [-0.05, 0) is 19.4 Å². The monoisotopic (exact) mass is 268 g/mol. The van der Waals surface area contributed by atoms with Crippen molar-refractivity contribution in [3.05, 3.63) is 15.8 Å². The van der Waals surface area contributed by atoms with Crippen molar-refractivity contribution in [2.24, 2.45) is 13.0 Å². The summed E-state index contributed by atoms with van der Waals surface area (Å²) < 4.78 is 7.14. The number of hydrogen-bond donors (Lipinski definition) is 1. The first-order chi connectivity index (χ1) is 9.13. The molecule has 19 heavy (non-hydrogen) atoms. The zero-order valence-corrected chi connectivity index (χ0v) is 11.4. The highest BCUT2D eigenvalue weighted by Crippen LogP contribution is 2.31. The summed E-state index contributed by atoms with van der Waals surface area (Å²) in [6.07, 6.45) is 2.47. The van der Waals surface area contributed by atoms with Gasteiger partial charge in [-0.1, -0.05) is 13.3 Å². The molecule has 7 heteroatoms. The quantitative estimate of drug-likeness (QED) is 0.620. The lowest BCUT2D eigenvalue weighted by Gasteiger charge is -2.10. The Bertz CT molecular complexity index is 452. The van der Waals surface area contributed by atoms with Gasteiger partial charge >= 0.3 is 5.69 Å². The molecular weight excluding hydrogens is 248 g/mol. The Hall–Kier alpha value is -1.63. The van der Waals surface area contributed by atoms with Crippen molar-refractivity contribution in [3.8, 4) is 5.88 Å². The minimum absolute atomic E-state index is 0.0234. The van der Waals surface area contributed by atoms with Gasteiger partial charge in [-0.3, -0.25) is 10.1 Å². The van der Waals surface area contributed by atoms with Gasteiger partial charge in [-0.2, -0.15) is 5.10 Å². The molecule has 1 atom stereocenters. The first-order valence-corrected chi connectivity index (χ1v) is 6.67. The zero-order chi connectivity index (χ0) is 13.8. The average Bonchev–Trinajstić information content (AvgIpc) is 2.95. The van der Waals surface area contributed by atoms with Crippen LogP contribution < -0.4 is 10.1 Å². The van der Waals surface area contributed by atoms with Crippen LogP contribution in [0.4, 0.5) is 5.69 Å². The van der Waals surface area contributed by atoms with Crippen LogP contribution in [0.3, 0.4) is 0 Å². The first-order valence-electron chi connectivity index (χ1n) is 6.67. The van der Waals surface area contributed by atoms with Crippen molar-refractivity contribution in [1.82, 2.24) is 15.1 Å². The third kappa shape index (κ3) is 3.04. The Morgan fingerprint density at radius 1 is 1.63 bits per heavy atom. The van der Waals surface area contributed by atoms with Crippen LogP contribution in [0.5, 0.6) is 5.88 Å². The smallest absolute Gasteiger partial charge is 0.353 e. The zero-order valence-electron chi connectivity index (χ0n) is 11.4. The molecule has 0 bridgehead atoms. The fourth-order valence-corrected chi connectivity index (χ4v) is 2.35. The maximum absolute atomic E-state index is 11.2. The molecule has 1 aliphatic heterocycles. The SMILES string of the molecule is CCCc1nn(C)c(OCC2CCNC2)c1[N+](=O)[O-]. The van der Waals surface area contributed by atoms with E-state index in [1.807, 2.05) is 6.92 Å². The molecule has 7 nitrogen and oxygen atoms in total. The summed E-state index contributed by atoms with van der Waals surface area (Å²) in [5.41, 5.74) is 0.532. The van der Waals surface area contributed by atoms with E-state index in [4.69, 9.17) is 4.74 Å². The Labute approximate surface area is 112 Å². The number of aromatic nitrogens is 2. The number of nitro groups is 1. The van der Waals surface area contributed by atoms with Crippen LogP contribution >= 0.6 is 0 Å². The topological polar surface area (TPSA) is 82.2 Å². The number of hydrogen-bond acceptors (Lipinski definition) is 5. The highest BCUT2D eigenvalue weighted by atomic mass is 16.6. The van der Waals surface area contributed by atoms with Crippen molar-refractivity contribution in [3.63, 3.8) is 0 Å². The molecule has 1 fully saturated rings. The molecule has 0 aliphatic carbocycles. The molecule has 1 aliphatic rings. The van der Waals surface area contributed by atoms with Gasteiger partial charge in [0.2, 0.25) is 0 Å². The Morgan fingerprint density at radius 3 is 3.00 bits per heavy atom. The van der Waals surface area contributed by atoms with Crippen LogP contribution in [0.2, 0.25) is 0 Å². The summed E-state index contributed by atoms with van der Waals surface area (Å²) in [6.45, 7) is 4.37. The van der Waals surface area contributed by atoms with Crippen molar-refractivity contribution < 1.29 is 9.66 Å². The fourth-order valence-electron chi connectivity index (χ4n) is 2.35. The molecular formula is C12H20N4O3. The molecule has 1 N–H and O–H groups in total. The number of nitrogens with zero attached hydrogens (tertiary/aromatic N) is 3. The van der Waals surface area contributed by atoms with Crippen LogP contribution in [0.1, 0.15) is 25.5 Å². The van der Waals surface area contributed by atoms with Crippen molar-refractivity contribution >= 4 is 5.69 Å². The van der Waals surface area contributed by atoms with Crippen molar-refractivity contribution in [2.75, 3.05) is 19.7 Å². The molecule has 1 aromatic heterocycles. The number of aryl methyl sites for hydroxylation is 2. The van der Waals surface area contributed by atoms with Crippen LogP contribution in [0, 0.1) is 16.0 Å². The van der Waals surface area contributed by atoms with Gasteiger partial charge in [0.25, 0.3) is 5.88 Å². The first kappa shape index (κ1) is 13.8. The van der Waals surface area contributed by atoms with E-state index in [1.54, 1.807) is 7.05 Å². The lowest BCUT2D eigenvalue weighted by Crippen LogP contribution is -2.16. The molecule has 0 radical (unpaired) electrons. The summed E-state index contributed by atoms with van der Waals surface area (Å²) in [5, 5.41) is 18.6. The molecule has 1 unspecified atom stereocenters. The van der Waals surface area contributed by atoms with Gasteiger partial charge in [-0.25, -0.2) is 4.68 Å². The maximum atomic E-state index is 11.2. The Kier molecular flexibility index (Phi) is 4.36. The van der Waals surface area contributed by atoms with E-state index in [-0.39, 0.29) is 16.5 Å². The fraction of sp³-hybridized carbons (Fsp3) is 0.750. The molecule has 2 heterocycles. The molecule has 1 saturated heterocycles. The molecule has 0 aromatic carbocycles. The highest BCUT2D eigenvalue weighted by Gasteiger charge is 2.28. The second kappa shape index (κ2) is 6.01. The van der Waals surface area contributed by atoms with Gasteiger partial charge in [0.1, 0.15) is 5.69 Å². The van der Waals surface area contributed by atoms with Crippen LogP contribution in [0.25, 0.3) is 0 Å². The second-order valence-electron chi connectivity index (χ2n) is 4.90. The normalized spacial score (nSPS) is 18.7. The third-order valence-corrected chi connectivity index (χ3v) is 3.33. The van der Waals surface area contributed by atoms with E-state index in [0.717, 1.165) is 25.9 Å². The largest absolute Gasteiger partial charge is 0.473 e. The Morgan fingerprint density at radius 2 is 2.42 bits per heavy atom. The predicted octanol–water partition coefficient (Wildman–Crippen LogP) is 1.27. The summed E-state index contributed by atoms with van der Waals surface area (Å²) in [6, 6.07) is 0. The molecule has 1 aromatic rings. The lowest BCUT2D eigenvalue weighted by molar-refractivity contribution is -0.386. The van der Waals surface area contributed by atoms with Gasteiger partial charge in [0.15, 0.2) is 0 Å². The number of nitrogens with one attached hydrogen (secondary N) is 1. The van der Waals surface area contributed by atoms with E-state index < -0.39 is 0 Å². The van der Waals surface area contributed by atoms with E-state index in [2.05, 4.69) is 10.4 Å². The summed E-state index contributed by atoms with van der Waals surface area (Å²) in [7, 11) is 1.69. The number of rotatable bonds is 6. The highest BCUT2D eigenvalue weighted by molar-refractivity contribution is 5.46. The van der Waals surface area contributed by atoms with E-state index in [9.17, 15) is 10.1 Å². The van der Waals surface area contributed by atoms with Crippen LogP contribution in [-0.4, -0.2) is 34.4 Å². The van der Waals surface area contributed by atoms with E-state index in [1.165, 1.54) is 4.68 Å². The maximum Gasteiger partial charge on any atom is 0.353 e. The summed E-state index contributed by atoms with van der Waals surface area (Å²) >= 11 is 0. The standard InChI is InChI=1S/C12H20N4O3/c1-3-4-10-11(16(17)18)12(15(2)14-10)19-8-9-5-6-13-7-9/h9,13H,3-8H2,1-2H3. The van der Waals surface area contributed by atoms with E-state index in [0.29, 0.717) is 24.6 Å². The van der Waals surface area contributed by atoms with Gasteiger partial charge in [-0.15, -0.1) is 0 Å². The third-order valence-electron chi connectivity index (χ3n) is 3.33. The minimum atomic E-state index is -0.389. The van der Waals surface area contributed by atoms with E-state index >= 15 is 0 Å². The predicted molar refractivity (Wildman–Crippen MR) is 70.3 cm³/mol. The van der Waals surface area contributed by atoms with Crippen LogP contribution in [0.15, 0.2) is 0 Å². The molecule has 0 amide bonds. The molecule has 0 spiro atoms. The minimum Gasteiger partial charge on any atom is -0.473 e. The average molecular weight is 268 g/mol. The van der Waals surface area contributed by atoms with Gasteiger partial charge in [0, 0.05) is 19.5 Å². The summed E-state index contributed by atoms with van der Waals surface area (Å²) in [5.74, 6) is 0.699. The van der Waals surface area contributed by atoms with Crippen molar-refractivity contribution in [2.45, 2.75) is 26.2 Å². The van der Waals surface area contributed by atoms with Gasteiger partial charge in [0.05, 0.1) is 11.5 Å². The lowest BCUT2D eigenvalue weighted by atomic mass is 10.1. The number of ether oxygens (including phenoxy) is 1. The van der Waals surface area contributed by atoms with Crippen LogP contribution in [-0.2, 0) is 13.5 Å². The summed E-state index contributed by atoms with van der Waals surface area (Å²) in [4.78, 5) is 10.8. The second-order valence-corrected chi connectivity index (χ2v) is 4.90. The van der Waals surface area contributed by atoms with Gasteiger partial charge < -0.3 is 10.1 Å².